The first kappa shape index (κ1) is 30.5. The van der Waals surface area contributed by atoms with Crippen molar-refractivity contribution < 1.29 is 27.9 Å². The molecule has 0 aromatic heterocycles. The Bertz CT molecular complexity index is 1480. The van der Waals surface area contributed by atoms with E-state index in [1.165, 1.54) is 35.6 Å². The van der Waals surface area contributed by atoms with Crippen molar-refractivity contribution >= 4 is 39.1 Å². The van der Waals surface area contributed by atoms with E-state index >= 15 is 0 Å². The minimum Gasteiger partial charge on any atom is -0.488 e. The van der Waals surface area contributed by atoms with E-state index in [-0.39, 0.29) is 60.1 Å². The lowest BCUT2D eigenvalue weighted by Gasteiger charge is -2.38. The van der Waals surface area contributed by atoms with Gasteiger partial charge in [0.1, 0.15) is 11.9 Å². The molecule has 3 atom stereocenters. The Kier molecular flexibility index (Phi) is 9.70. The Morgan fingerprint density at radius 1 is 1.15 bits per heavy atom. The van der Waals surface area contributed by atoms with Gasteiger partial charge in [-0.05, 0) is 55.0 Å². The van der Waals surface area contributed by atoms with Crippen LogP contribution < -0.4 is 10.1 Å². The maximum absolute atomic E-state index is 13.7. The normalized spacial score (nSPS) is 18.2. The van der Waals surface area contributed by atoms with Crippen LogP contribution in [0.2, 0.25) is 5.02 Å². The number of amides is 2. The number of likely N-dealkylation sites (N-methyl/N-ethyl adjacent to an activating group) is 1. The van der Waals surface area contributed by atoms with Crippen molar-refractivity contribution in [1.29, 1.82) is 0 Å². The van der Waals surface area contributed by atoms with Gasteiger partial charge in [0.15, 0.2) is 0 Å². The monoisotopic (exact) mass is 599 g/mol. The molecule has 1 aliphatic rings. The molecule has 9 nitrogen and oxygen atoms in total. The lowest BCUT2D eigenvalue weighted by atomic mass is 9.99. The van der Waals surface area contributed by atoms with E-state index in [1.54, 1.807) is 30.0 Å². The summed E-state index contributed by atoms with van der Waals surface area (Å²) in [4.78, 5) is 28.0. The minimum atomic E-state index is -3.84. The Morgan fingerprint density at radius 3 is 2.49 bits per heavy atom. The molecular weight excluding hydrogens is 566 g/mol. The molecule has 1 aliphatic heterocycles. The fourth-order valence-corrected chi connectivity index (χ4v) is 5.95. The first-order valence-corrected chi connectivity index (χ1v) is 15.1. The number of fused-ring (bicyclic) bond motifs is 1. The van der Waals surface area contributed by atoms with Gasteiger partial charge in [0, 0.05) is 30.2 Å². The lowest BCUT2D eigenvalue weighted by Crippen LogP contribution is -2.50. The summed E-state index contributed by atoms with van der Waals surface area (Å²) in [5.41, 5.74) is 1.49. The Balaban J connectivity index is 1.61. The number of benzene rings is 3. The predicted molar refractivity (Wildman–Crippen MR) is 158 cm³/mol. The van der Waals surface area contributed by atoms with Gasteiger partial charge >= 0.3 is 0 Å². The van der Waals surface area contributed by atoms with Gasteiger partial charge in [0.2, 0.25) is 15.9 Å². The molecule has 2 N–H and O–H groups in total. The Labute approximate surface area is 245 Å². The molecule has 2 amide bonds. The quantitative estimate of drug-likeness (QED) is 0.383. The number of sulfonamides is 1. The molecule has 0 radical (unpaired) electrons. The number of aliphatic hydroxyl groups is 1. The van der Waals surface area contributed by atoms with E-state index in [1.807, 2.05) is 37.3 Å². The number of rotatable bonds is 9. The summed E-state index contributed by atoms with van der Waals surface area (Å²) in [7, 11) is -2.37. The molecular formula is C30H34ClN3O6S. The summed E-state index contributed by atoms with van der Waals surface area (Å²) in [5, 5.41) is 13.2. The molecule has 41 heavy (non-hydrogen) atoms. The molecule has 3 aromatic carbocycles. The largest absolute Gasteiger partial charge is 0.488 e. The highest BCUT2D eigenvalue weighted by Gasteiger charge is 2.35. The fraction of sp³-hybridized carbons (Fsp3) is 0.333. The Morgan fingerprint density at radius 2 is 1.83 bits per heavy atom. The van der Waals surface area contributed by atoms with Gasteiger partial charge in [-0.15, -0.1) is 0 Å². The molecule has 0 aliphatic carbocycles. The third-order valence-corrected chi connectivity index (χ3v) is 9.20. The van der Waals surface area contributed by atoms with Crippen LogP contribution in [0.4, 0.5) is 5.69 Å². The van der Waals surface area contributed by atoms with Gasteiger partial charge in [-0.25, -0.2) is 8.42 Å². The van der Waals surface area contributed by atoms with E-state index in [4.69, 9.17) is 16.3 Å². The van der Waals surface area contributed by atoms with E-state index in [0.717, 1.165) is 5.56 Å². The first-order chi connectivity index (χ1) is 19.5. The van der Waals surface area contributed by atoms with Crippen LogP contribution in [-0.2, 0) is 21.2 Å². The van der Waals surface area contributed by atoms with Gasteiger partial charge in [-0.2, -0.15) is 4.31 Å². The zero-order valence-electron chi connectivity index (χ0n) is 23.2. The lowest BCUT2D eigenvalue weighted by molar-refractivity contribution is -0.115. The van der Waals surface area contributed by atoms with E-state index in [0.29, 0.717) is 10.7 Å². The number of halogens is 1. The smallest absolute Gasteiger partial charge is 0.258 e. The van der Waals surface area contributed by atoms with Gasteiger partial charge in [-0.3, -0.25) is 9.59 Å². The van der Waals surface area contributed by atoms with Crippen LogP contribution in [0, 0.1) is 5.92 Å². The van der Waals surface area contributed by atoms with Crippen LogP contribution in [0.25, 0.3) is 0 Å². The van der Waals surface area contributed by atoms with Crippen LogP contribution >= 0.6 is 11.6 Å². The van der Waals surface area contributed by atoms with Crippen LogP contribution in [-0.4, -0.2) is 73.4 Å². The topological polar surface area (TPSA) is 116 Å². The van der Waals surface area contributed by atoms with Crippen molar-refractivity contribution in [1.82, 2.24) is 9.21 Å². The fourth-order valence-electron chi connectivity index (χ4n) is 4.64. The second kappa shape index (κ2) is 13.0. The summed E-state index contributed by atoms with van der Waals surface area (Å²) in [5.74, 6) is -0.612. The molecule has 0 fully saturated rings. The predicted octanol–water partition coefficient (Wildman–Crippen LogP) is 4.06. The second-order valence-corrected chi connectivity index (χ2v) is 12.8. The maximum Gasteiger partial charge on any atom is 0.258 e. The minimum absolute atomic E-state index is 0.0106. The van der Waals surface area contributed by atoms with Gasteiger partial charge in [-0.1, -0.05) is 48.9 Å². The third-order valence-electron chi connectivity index (χ3n) is 7.11. The number of hydrogen-bond donors (Lipinski definition) is 2. The zero-order chi connectivity index (χ0) is 29.7. The number of carbonyl (C=O) groups excluding carboxylic acids is 2. The van der Waals surface area contributed by atoms with Gasteiger partial charge < -0.3 is 20.1 Å². The van der Waals surface area contributed by atoms with Gasteiger partial charge in [0.25, 0.3) is 5.91 Å². The highest BCUT2D eigenvalue weighted by atomic mass is 35.5. The van der Waals surface area contributed by atoms with Crippen LogP contribution in [0.3, 0.4) is 0 Å². The number of anilines is 1. The Hall–Kier alpha value is -3.44. The third kappa shape index (κ3) is 7.26. The summed E-state index contributed by atoms with van der Waals surface area (Å²) in [6.45, 7) is 3.60. The second-order valence-electron chi connectivity index (χ2n) is 10.3. The molecule has 1 heterocycles. The number of aliphatic hydroxyl groups excluding tert-OH is 1. The first-order valence-electron chi connectivity index (χ1n) is 13.3. The van der Waals surface area contributed by atoms with E-state index in [2.05, 4.69) is 5.32 Å². The van der Waals surface area contributed by atoms with E-state index in [9.17, 15) is 23.1 Å². The molecule has 11 heteroatoms. The average Bonchev–Trinajstić information content (AvgIpc) is 2.95. The van der Waals surface area contributed by atoms with Crippen LogP contribution in [0.15, 0.2) is 77.7 Å². The van der Waals surface area contributed by atoms with Crippen LogP contribution in [0.1, 0.15) is 29.8 Å². The molecule has 0 spiro atoms. The molecule has 0 saturated carbocycles. The molecule has 218 valence electrons. The van der Waals surface area contributed by atoms with Crippen molar-refractivity contribution in [2.75, 3.05) is 32.1 Å². The number of ether oxygens (including phenoxy) is 1. The van der Waals surface area contributed by atoms with Crippen molar-refractivity contribution in [3.05, 3.63) is 88.9 Å². The summed E-state index contributed by atoms with van der Waals surface area (Å²) >= 11 is 5.93. The number of nitrogens with one attached hydrogen (secondary N) is 1. The van der Waals surface area contributed by atoms with Crippen molar-refractivity contribution in [3.8, 4) is 5.75 Å². The average molecular weight is 600 g/mol. The highest BCUT2D eigenvalue weighted by Crippen LogP contribution is 2.31. The number of hydrogen-bond acceptors (Lipinski definition) is 6. The highest BCUT2D eigenvalue weighted by molar-refractivity contribution is 7.89. The standard InChI is InChI=1S/C30H34ClN3O6S/c1-20-17-34(21(2)19-35)30(37)26-16-24(32-29(36)15-22-7-5-4-6-8-22)11-14-27(26)40-28(20)18-33(3)41(38,39)25-12-9-23(31)10-13-25/h4-14,16,20-21,28,35H,15,17-19H2,1-3H3,(H,32,36)/t20-,21-,28+/m0/s1. The zero-order valence-corrected chi connectivity index (χ0v) is 24.7. The summed E-state index contributed by atoms with van der Waals surface area (Å²) in [6.07, 6.45) is -0.454. The summed E-state index contributed by atoms with van der Waals surface area (Å²) < 4.78 is 34.1. The van der Waals surface area contributed by atoms with Crippen molar-refractivity contribution in [2.45, 2.75) is 37.3 Å². The maximum atomic E-state index is 13.7. The van der Waals surface area contributed by atoms with Crippen molar-refractivity contribution in [3.63, 3.8) is 0 Å². The van der Waals surface area contributed by atoms with Crippen LogP contribution in [0.5, 0.6) is 5.75 Å². The number of carbonyl (C=O) groups is 2. The molecule has 0 unspecified atom stereocenters. The van der Waals surface area contributed by atoms with Gasteiger partial charge in [0.05, 0.1) is 36.1 Å². The molecule has 4 rings (SSSR count). The van der Waals surface area contributed by atoms with Crippen molar-refractivity contribution in [2.24, 2.45) is 5.92 Å². The summed E-state index contributed by atoms with van der Waals surface area (Å²) in [6, 6.07) is 19.5. The molecule has 3 aromatic rings. The van der Waals surface area contributed by atoms with E-state index < -0.39 is 22.2 Å². The SMILES string of the molecule is C[C@H]1CN([C@@H](C)CO)C(=O)c2cc(NC(=O)Cc3ccccc3)ccc2O[C@@H]1CN(C)S(=O)(=O)c1ccc(Cl)cc1. The molecule has 0 saturated heterocycles. The number of nitrogens with zero attached hydrogens (tertiary/aromatic N) is 2. The molecule has 0 bridgehead atoms.